The van der Waals surface area contributed by atoms with Crippen LogP contribution in [-0.2, 0) is 0 Å². The Morgan fingerprint density at radius 2 is 2.00 bits per heavy atom. The van der Waals surface area contributed by atoms with Gasteiger partial charge in [-0.3, -0.25) is 0 Å². The van der Waals surface area contributed by atoms with E-state index in [2.05, 4.69) is 30.6 Å². The van der Waals surface area contributed by atoms with E-state index in [1.165, 1.54) is 18.3 Å². The van der Waals surface area contributed by atoms with Gasteiger partial charge < -0.3 is 9.47 Å². The van der Waals surface area contributed by atoms with Gasteiger partial charge in [-0.2, -0.15) is 8.78 Å². The third-order valence-electron chi connectivity index (χ3n) is 1.86. The van der Waals surface area contributed by atoms with Crippen molar-refractivity contribution in [1.82, 2.24) is 9.97 Å². The fraction of sp³-hybridized carbons (Fsp3) is 0.0909. The smallest absolute Gasteiger partial charge is 0.388 e. The first kappa shape index (κ1) is 12.7. The largest absolute Gasteiger partial charge is 0.436 e. The molecule has 18 heavy (non-hydrogen) atoms. The predicted octanol–water partition coefficient (Wildman–Crippen LogP) is 3.63. The van der Waals surface area contributed by atoms with Crippen LogP contribution in [0.5, 0.6) is 17.5 Å². The fourth-order valence-corrected chi connectivity index (χ4v) is 1.48. The highest BCUT2D eigenvalue weighted by Crippen LogP contribution is 2.27. The number of aromatic nitrogens is 2. The average molecular weight is 317 g/mol. The highest BCUT2D eigenvalue weighted by molar-refractivity contribution is 9.10. The zero-order valence-corrected chi connectivity index (χ0v) is 10.5. The van der Waals surface area contributed by atoms with E-state index in [1.54, 1.807) is 18.3 Å². The zero-order valence-electron chi connectivity index (χ0n) is 8.89. The van der Waals surface area contributed by atoms with Crippen LogP contribution in [0.4, 0.5) is 8.78 Å². The maximum atomic E-state index is 11.9. The number of pyridine rings is 2. The van der Waals surface area contributed by atoms with Crippen LogP contribution in [0, 0.1) is 0 Å². The second-order valence-corrected chi connectivity index (χ2v) is 3.96. The van der Waals surface area contributed by atoms with Crippen molar-refractivity contribution in [2.45, 2.75) is 6.61 Å². The lowest BCUT2D eigenvalue weighted by molar-refractivity contribution is -0.0528. The Kier molecular flexibility index (Phi) is 4.03. The van der Waals surface area contributed by atoms with Crippen molar-refractivity contribution in [1.29, 1.82) is 0 Å². The molecule has 0 fully saturated rings. The minimum atomic E-state index is -2.89. The quantitative estimate of drug-likeness (QED) is 0.864. The van der Waals surface area contributed by atoms with Gasteiger partial charge in [0.1, 0.15) is 5.75 Å². The highest BCUT2D eigenvalue weighted by atomic mass is 79.9. The molecule has 0 aromatic carbocycles. The molecule has 7 heteroatoms. The molecule has 0 saturated heterocycles. The van der Waals surface area contributed by atoms with E-state index in [0.717, 1.165) is 0 Å². The molecule has 2 aromatic rings. The van der Waals surface area contributed by atoms with Crippen LogP contribution in [0.1, 0.15) is 0 Å². The standard InChI is InChI=1S/C11H7BrF2N2O2/c12-8-2-1-5-15-10(8)17-7-3-4-9(16-6-7)18-11(13)14/h1-6,11H. The van der Waals surface area contributed by atoms with Gasteiger partial charge in [0.25, 0.3) is 0 Å². The number of rotatable bonds is 4. The Morgan fingerprint density at radius 1 is 1.17 bits per heavy atom. The van der Waals surface area contributed by atoms with E-state index < -0.39 is 6.61 Å². The summed E-state index contributed by atoms with van der Waals surface area (Å²) in [5.41, 5.74) is 0. The monoisotopic (exact) mass is 316 g/mol. The molecule has 0 amide bonds. The summed E-state index contributed by atoms with van der Waals surface area (Å²) in [6, 6.07) is 6.27. The molecule has 2 aromatic heterocycles. The minimum Gasteiger partial charge on any atom is -0.436 e. The van der Waals surface area contributed by atoms with Gasteiger partial charge in [0.15, 0.2) is 0 Å². The van der Waals surface area contributed by atoms with Crippen molar-refractivity contribution in [3.05, 3.63) is 41.1 Å². The first-order valence-electron chi connectivity index (χ1n) is 4.84. The summed E-state index contributed by atoms with van der Waals surface area (Å²) < 4.78 is 34.0. The van der Waals surface area contributed by atoms with Gasteiger partial charge >= 0.3 is 6.61 Å². The summed E-state index contributed by atoms with van der Waals surface area (Å²) in [5, 5.41) is 0. The Morgan fingerprint density at radius 3 is 2.61 bits per heavy atom. The average Bonchev–Trinajstić information content (AvgIpc) is 2.34. The molecule has 2 heterocycles. The predicted molar refractivity (Wildman–Crippen MR) is 62.9 cm³/mol. The molecule has 0 N–H and O–H groups in total. The second-order valence-electron chi connectivity index (χ2n) is 3.10. The van der Waals surface area contributed by atoms with Gasteiger partial charge in [-0.25, -0.2) is 9.97 Å². The van der Waals surface area contributed by atoms with Gasteiger partial charge in [0.2, 0.25) is 11.8 Å². The number of hydrogen-bond acceptors (Lipinski definition) is 4. The van der Waals surface area contributed by atoms with Crippen LogP contribution < -0.4 is 9.47 Å². The van der Waals surface area contributed by atoms with E-state index in [9.17, 15) is 8.78 Å². The summed E-state index contributed by atoms with van der Waals surface area (Å²) in [7, 11) is 0. The summed E-state index contributed by atoms with van der Waals surface area (Å²) in [6.45, 7) is -2.89. The van der Waals surface area contributed by atoms with Crippen molar-refractivity contribution >= 4 is 15.9 Å². The third kappa shape index (κ3) is 3.36. The lowest BCUT2D eigenvalue weighted by Crippen LogP contribution is -2.03. The molecule has 0 radical (unpaired) electrons. The fourth-order valence-electron chi connectivity index (χ4n) is 1.15. The van der Waals surface area contributed by atoms with E-state index in [4.69, 9.17) is 4.74 Å². The van der Waals surface area contributed by atoms with Crippen LogP contribution >= 0.6 is 15.9 Å². The summed E-state index contributed by atoms with van der Waals surface area (Å²) >= 11 is 3.27. The molecule has 0 aliphatic rings. The van der Waals surface area contributed by atoms with E-state index in [-0.39, 0.29) is 5.88 Å². The molecule has 0 aliphatic carbocycles. The Bertz CT molecular complexity index is 523. The van der Waals surface area contributed by atoms with Crippen molar-refractivity contribution < 1.29 is 18.3 Å². The molecule has 0 atom stereocenters. The third-order valence-corrected chi connectivity index (χ3v) is 2.46. The van der Waals surface area contributed by atoms with E-state index in [0.29, 0.717) is 16.1 Å². The van der Waals surface area contributed by atoms with Gasteiger partial charge in [-0.05, 0) is 34.1 Å². The number of halogens is 3. The molecule has 0 aliphatic heterocycles. The van der Waals surface area contributed by atoms with Crippen molar-refractivity contribution in [3.63, 3.8) is 0 Å². The van der Waals surface area contributed by atoms with Gasteiger partial charge in [0, 0.05) is 12.3 Å². The molecule has 2 rings (SSSR count). The summed E-state index contributed by atoms with van der Waals surface area (Å²) in [4.78, 5) is 7.67. The van der Waals surface area contributed by atoms with Gasteiger partial charge in [0.05, 0.1) is 10.7 Å². The maximum Gasteiger partial charge on any atom is 0.388 e. The zero-order chi connectivity index (χ0) is 13.0. The number of ether oxygens (including phenoxy) is 2. The SMILES string of the molecule is FC(F)Oc1ccc(Oc2ncccc2Br)cn1. The molecular formula is C11H7BrF2N2O2. The Balaban J connectivity index is 2.09. The molecule has 0 bridgehead atoms. The van der Waals surface area contributed by atoms with Crippen LogP contribution in [0.3, 0.4) is 0 Å². The van der Waals surface area contributed by atoms with Crippen molar-refractivity contribution in [2.24, 2.45) is 0 Å². The summed E-state index contributed by atoms with van der Waals surface area (Å²) in [6.07, 6.45) is 2.85. The topological polar surface area (TPSA) is 44.2 Å². The number of alkyl halides is 2. The molecular weight excluding hydrogens is 310 g/mol. The minimum absolute atomic E-state index is 0.169. The van der Waals surface area contributed by atoms with Crippen LogP contribution in [-0.4, -0.2) is 16.6 Å². The lowest BCUT2D eigenvalue weighted by atomic mass is 10.4. The normalized spacial score (nSPS) is 10.4. The van der Waals surface area contributed by atoms with Gasteiger partial charge in [-0.15, -0.1) is 0 Å². The van der Waals surface area contributed by atoms with Crippen LogP contribution in [0.15, 0.2) is 41.1 Å². The molecule has 4 nitrogen and oxygen atoms in total. The van der Waals surface area contributed by atoms with Crippen molar-refractivity contribution in [2.75, 3.05) is 0 Å². The molecule has 0 saturated carbocycles. The number of hydrogen-bond donors (Lipinski definition) is 0. The Labute approximate surface area is 110 Å². The van der Waals surface area contributed by atoms with Crippen LogP contribution in [0.2, 0.25) is 0 Å². The molecule has 0 unspecified atom stereocenters. The van der Waals surface area contributed by atoms with E-state index >= 15 is 0 Å². The first-order chi connectivity index (χ1) is 8.65. The molecule has 94 valence electrons. The van der Waals surface area contributed by atoms with Crippen LogP contribution in [0.25, 0.3) is 0 Å². The number of nitrogens with zero attached hydrogens (tertiary/aromatic N) is 2. The Hall–Kier alpha value is -1.76. The molecule has 0 spiro atoms. The van der Waals surface area contributed by atoms with Crippen molar-refractivity contribution in [3.8, 4) is 17.5 Å². The maximum absolute atomic E-state index is 11.9. The lowest BCUT2D eigenvalue weighted by Gasteiger charge is -2.07. The second kappa shape index (κ2) is 5.72. The highest BCUT2D eigenvalue weighted by Gasteiger charge is 2.07. The first-order valence-corrected chi connectivity index (χ1v) is 5.63. The van der Waals surface area contributed by atoms with Gasteiger partial charge in [-0.1, -0.05) is 0 Å². The summed E-state index contributed by atoms with van der Waals surface area (Å²) in [5.74, 6) is 0.565. The van der Waals surface area contributed by atoms with E-state index in [1.807, 2.05) is 0 Å².